The highest BCUT2D eigenvalue weighted by molar-refractivity contribution is 5.88. The Morgan fingerprint density at radius 3 is 2.27 bits per heavy atom. The Hall–Kier alpha value is -2.43. The Balaban J connectivity index is 2.58. The first-order valence-corrected chi connectivity index (χ1v) is 7.02. The maximum atomic E-state index is 12.8. The van der Waals surface area contributed by atoms with Crippen LogP contribution in [0.25, 0.3) is 0 Å². The highest BCUT2D eigenvalue weighted by Gasteiger charge is 2.20. The summed E-state index contributed by atoms with van der Waals surface area (Å²) in [5.41, 5.74) is 0.688. The Kier molecular flexibility index (Phi) is 7.02. The minimum atomic E-state index is -0.646. The molecule has 1 aromatic carbocycles. The van der Waals surface area contributed by atoms with Gasteiger partial charge in [-0.05, 0) is 24.6 Å². The van der Waals surface area contributed by atoms with Gasteiger partial charge in [0.25, 0.3) is 0 Å². The molecular formula is C17H21FN2O2. The van der Waals surface area contributed by atoms with E-state index in [1.54, 1.807) is 36.1 Å². The van der Waals surface area contributed by atoms with Crippen molar-refractivity contribution < 1.29 is 14.0 Å². The number of carbonyl (C=O) groups excluding carboxylic acids is 2. The number of hydrogen-bond donors (Lipinski definition) is 1. The van der Waals surface area contributed by atoms with E-state index in [0.29, 0.717) is 18.7 Å². The lowest BCUT2D eigenvalue weighted by Crippen LogP contribution is -2.47. The average molecular weight is 304 g/mol. The number of carbonyl (C=O) groups is 2. The smallest absolute Gasteiger partial charge is 0.245 e. The van der Waals surface area contributed by atoms with Gasteiger partial charge in [0.1, 0.15) is 11.9 Å². The van der Waals surface area contributed by atoms with Crippen molar-refractivity contribution in [3.05, 3.63) is 61.0 Å². The molecule has 1 aromatic rings. The monoisotopic (exact) mass is 304 g/mol. The lowest BCUT2D eigenvalue weighted by atomic mass is 10.1. The van der Waals surface area contributed by atoms with Gasteiger partial charge in [0.05, 0.1) is 6.42 Å². The van der Waals surface area contributed by atoms with Crippen molar-refractivity contribution in [3.63, 3.8) is 0 Å². The molecular weight excluding hydrogens is 283 g/mol. The van der Waals surface area contributed by atoms with Gasteiger partial charge in [0, 0.05) is 13.1 Å². The highest BCUT2D eigenvalue weighted by Crippen LogP contribution is 2.04. The fraction of sp³-hybridized carbons (Fsp3) is 0.294. The molecule has 4 nitrogen and oxygen atoms in total. The van der Waals surface area contributed by atoms with Crippen LogP contribution in [0.1, 0.15) is 12.5 Å². The molecule has 118 valence electrons. The minimum Gasteiger partial charge on any atom is -0.344 e. The van der Waals surface area contributed by atoms with Crippen molar-refractivity contribution in [2.24, 2.45) is 0 Å². The number of amides is 2. The standard InChI is InChI=1S/C17H21FN2O2/c1-4-10-20(11-5-2)17(22)13(3)19-16(21)12-14-6-8-15(18)9-7-14/h4-9,13H,1-2,10-12H2,3H3,(H,19,21). The molecule has 1 atom stereocenters. The van der Waals surface area contributed by atoms with Crippen LogP contribution in [0, 0.1) is 5.82 Å². The summed E-state index contributed by atoms with van der Waals surface area (Å²) in [5.74, 6) is -0.839. The van der Waals surface area contributed by atoms with E-state index in [9.17, 15) is 14.0 Å². The van der Waals surface area contributed by atoms with Crippen molar-refractivity contribution >= 4 is 11.8 Å². The lowest BCUT2D eigenvalue weighted by molar-refractivity contribution is -0.135. The zero-order valence-electron chi connectivity index (χ0n) is 12.7. The van der Waals surface area contributed by atoms with Crippen LogP contribution in [0.5, 0.6) is 0 Å². The summed E-state index contributed by atoms with van der Waals surface area (Å²) in [6.07, 6.45) is 3.34. The summed E-state index contributed by atoms with van der Waals surface area (Å²) in [7, 11) is 0. The first-order valence-electron chi connectivity index (χ1n) is 7.02. The van der Waals surface area contributed by atoms with Gasteiger partial charge in [-0.25, -0.2) is 4.39 Å². The molecule has 1 N–H and O–H groups in total. The third-order valence-electron chi connectivity index (χ3n) is 3.04. The predicted octanol–water partition coefficient (Wildman–Crippen LogP) is 2.07. The molecule has 0 bridgehead atoms. The van der Waals surface area contributed by atoms with Crippen LogP contribution in [-0.2, 0) is 16.0 Å². The van der Waals surface area contributed by atoms with Gasteiger partial charge >= 0.3 is 0 Å². The Morgan fingerprint density at radius 1 is 1.23 bits per heavy atom. The van der Waals surface area contributed by atoms with Crippen molar-refractivity contribution in [1.82, 2.24) is 10.2 Å². The van der Waals surface area contributed by atoms with E-state index in [1.807, 2.05) is 0 Å². The van der Waals surface area contributed by atoms with Gasteiger partial charge in [0.2, 0.25) is 11.8 Å². The summed E-state index contributed by atoms with van der Waals surface area (Å²) in [4.78, 5) is 25.7. The molecule has 5 heteroatoms. The summed E-state index contributed by atoms with van der Waals surface area (Å²) in [6.45, 7) is 9.62. The van der Waals surface area contributed by atoms with Crippen LogP contribution in [0.3, 0.4) is 0 Å². The molecule has 0 aliphatic carbocycles. The SMILES string of the molecule is C=CCN(CC=C)C(=O)C(C)NC(=O)Cc1ccc(F)cc1. The Labute approximate surface area is 130 Å². The van der Waals surface area contributed by atoms with Crippen molar-refractivity contribution in [2.75, 3.05) is 13.1 Å². The van der Waals surface area contributed by atoms with Gasteiger partial charge < -0.3 is 10.2 Å². The number of benzene rings is 1. The molecule has 0 saturated heterocycles. The molecule has 22 heavy (non-hydrogen) atoms. The largest absolute Gasteiger partial charge is 0.344 e. The second-order valence-electron chi connectivity index (χ2n) is 4.91. The molecule has 0 spiro atoms. The van der Waals surface area contributed by atoms with E-state index in [2.05, 4.69) is 18.5 Å². The van der Waals surface area contributed by atoms with Crippen LogP contribution in [0.4, 0.5) is 4.39 Å². The van der Waals surface area contributed by atoms with E-state index in [0.717, 1.165) is 0 Å². The van der Waals surface area contributed by atoms with Gasteiger partial charge in [-0.3, -0.25) is 9.59 Å². The van der Waals surface area contributed by atoms with E-state index in [1.165, 1.54) is 12.1 Å². The van der Waals surface area contributed by atoms with E-state index >= 15 is 0 Å². The normalized spacial score (nSPS) is 11.4. The van der Waals surface area contributed by atoms with Crippen LogP contribution < -0.4 is 5.32 Å². The lowest BCUT2D eigenvalue weighted by Gasteiger charge is -2.23. The maximum Gasteiger partial charge on any atom is 0.245 e. The molecule has 0 fully saturated rings. The maximum absolute atomic E-state index is 12.8. The van der Waals surface area contributed by atoms with Gasteiger partial charge in [0.15, 0.2) is 0 Å². The second kappa shape index (κ2) is 8.77. The number of rotatable bonds is 8. The van der Waals surface area contributed by atoms with Gasteiger partial charge in [-0.1, -0.05) is 24.3 Å². The summed E-state index contributed by atoms with van der Waals surface area (Å²) >= 11 is 0. The zero-order chi connectivity index (χ0) is 16.5. The van der Waals surface area contributed by atoms with Crippen molar-refractivity contribution in [2.45, 2.75) is 19.4 Å². The van der Waals surface area contributed by atoms with Crippen LogP contribution in [-0.4, -0.2) is 35.8 Å². The molecule has 0 aliphatic rings. The minimum absolute atomic E-state index is 0.0980. The van der Waals surface area contributed by atoms with Crippen LogP contribution >= 0.6 is 0 Å². The topological polar surface area (TPSA) is 49.4 Å². The summed E-state index contributed by atoms with van der Waals surface area (Å²) < 4.78 is 12.8. The van der Waals surface area contributed by atoms with E-state index in [4.69, 9.17) is 0 Å². The fourth-order valence-electron chi connectivity index (χ4n) is 1.98. The Bertz CT molecular complexity index is 530. The molecule has 1 rings (SSSR count). The zero-order valence-corrected chi connectivity index (χ0v) is 12.7. The van der Waals surface area contributed by atoms with Crippen molar-refractivity contribution in [1.29, 1.82) is 0 Å². The molecule has 0 aromatic heterocycles. The van der Waals surface area contributed by atoms with Crippen LogP contribution in [0.15, 0.2) is 49.6 Å². The third-order valence-corrected chi connectivity index (χ3v) is 3.04. The number of nitrogens with zero attached hydrogens (tertiary/aromatic N) is 1. The van der Waals surface area contributed by atoms with E-state index < -0.39 is 6.04 Å². The predicted molar refractivity (Wildman–Crippen MR) is 84.7 cm³/mol. The van der Waals surface area contributed by atoms with Gasteiger partial charge in [-0.2, -0.15) is 0 Å². The van der Waals surface area contributed by atoms with Crippen molar-refractivity contribution in [3.8, 4) is 0 Å². The number of hydrogen-bond acceptors (Lipinski definition) is 2. The Morgan fingerprint density at radius 2 is 1.77 bits per heavy atom. The molecule has 0 aliphatic heterocycles. The molecule has 1 unspecified atom stereocenters. The first-order chi connectivity index (χ1) is 10.5. The van der Waals surface area contributed by atoms with Gasteiger partial charge in [-0.15, -0.1) is 13.2 Å². The third kappa shape index (κ3) is 5.52. The molecule has 0 heterocycles. The number of nitrogens with one attached hydrogen (secondary N) is 1. The summed E-state index contributed by atoms with van der Waals surface area (Å²) in [6, 6.07) is 5.04. The summed E-state index contributed by atoms with van der Waals surface area (Å²) in [5, 5.41) is 2.65. The number of halogens is 1. The first kappa shape index (κ1) is 17.6. The van der Waals surface area contributed by atoms with E-state index in [-0.39, 0.29) is 24.1 Å². The average Bonchev–Trinajstić information content (AvgIpc) is 2.48. The van der Waals surface area contributed by atoms with Crippen LogP contribution in [0.2, 0.25) is 0 Å². The highest BCUT2D eigenvalue weighted by atomic mass is 19.1. The fourth-order valence-corrected chi connectivity index (χ4v) is 1.98. The second-order valence-corrected chi connectivity index (χ2v) is 4.91. The molecule has 2 amide bonds. The quantitative estimate of drug-likeness (QED) is 0.748. The molecule has 0 saturated carbocycles. The molecule has 0 radical (unpaired) electrons.